The molecule has 0 spiro atoms. The first-order valence-electron chi connectivity index (χ1n) is 3.66. The van der Waals surface area contributed by atoms with Crippen molar-refractivity contribution in [1.82, 2.24) is 4.98 Å². The van der Waals surface area contributed by atoms with Gasteiger partial charge in [-0.25, -0.2) is 9.37 Å². The van der Waals surface area contributed by atoms with Crippen molar-refractivity contribution in [1.29, 1.82) is 0 Å². The molecule has 0 unspecified atom stereocenters. The maximum atomic E-state index is 12.5. The van der Waals surface area contributed by atoms with Crippen LogP contribution in [0.2, 0.25) is 0 Å². The summed E-state index contributed by atoms with van der Waals surface area (Å²) < 4.78 is 49.0. The van der Waals surface area contributed by atoms with E-state index in [1.807, 2.05) is 0 Å². The lowest BCUT2D eigenvalue weighted by Gasteiger charge is -2.09. The molecular weight excluding hydrogens is 186 g/mol. The van der Waals surface area contributed by atoms with E-state index in [0.717, 1.165) is 6.07 Å². The zero-order valence-corrected chi connectivity index (χ0v) is 6.82. The van der Waals surface area contributed by atoms with Crippen LogP contribution in [0.15, 0.2) is 12.3 Å². The fraction of sp³-hybridized carbons (Fsp3) is 0.375. The first-order chi connectivity index (χ1) is 5.95. The standard InChI is InChI=1S/C8H7F4N/c1-2-5-3-6(9)4-13-7(5)8(10,11)12/h3-4H,2H2,1H3. The van der Waals surface area contributed by atoms with Crippen molar-refractivity contribution in [3.05, 3.63) is 29.3 Å². The summed E-state index contributed by atoms with van der Waals surface area (Å²) in [5.41, 5.74) is -1.12. The van der Waals surface area contributed by atoms with Gasteiger partial charge in [0.2, 0.25) is 0 Å². The Morgan fingerprint density at radius 3 is 2.46 bits per heavy atom. The molecule has 1 rings (SSSR count). The molecule has 1 nitrogen and oxygen atoms in total. The molecule has 0 aliphatic rings. The Hall–Kier alpha value is -1.13. The molecule has 0 saturated heterocycles. The molecule has 0 N–H and O–H groups in total. The molecule has 0 saturated carbocycles. The van der Waals surface area contributed by atoms with Crippen molar-refractivity contribution in [2.75, 3.05) is 0 Å². The highest BCUT2D eigenvalue weighted by atomic mass is 19.4. The smallest absolute Gasteiger partial charge is 0.248 e. The predicted octanol–water partition coefficient (Wildman–Crippen LogP) is 2.80. The molecule has 5 heteroatoms. The number of hydrogen-bond acceptors (Lipinski definition) is 1. The summed E-state index contributed by atoms with van der Waals surface area (Å²) in [5, 5.41) is 0. The number of alkyl halides is 3. The molecule has 0 bridgehead atoms. The summed E-state index contributed by atoms with van der Waals surface area (Å²) in [6.07, 6.45) is -3.82. The van der Waals surface area contributed by atoms with E-state index >= 15 is 0 Å². The average molecular weight is 193 g/mol. The molecule has 0 aliphatic carbocycles. The minimum Gasteiger partial charge on any atom is -0.248 e. The van der Waals surface area contributed by atoms with Crippen LogP contribution in [0, 0.1) is 5.82 Å². The quantitative estimate of drug-likeness (QED) is 0.625. The molecule has 0 fully saturated rings. The highest BCUT2D eigenvalue weighted by molar-refractivity contribution is 5.22. The van der Waals surface area contributed by atoms with Gasteiger partial charge in [-0.15, -0.1) is 0 Å². The molecular formula is C8H7F4N. The second-order valence-corrected chi connectivity index (χ2v) is 2.51. The van der Waals surface area contributed by atoms with Crippen LogP contribution in [-0.2, 0) is 12.6 Å². The number of rotatable bonds is 1. The lowest BCUT2D eigenvalue weighted by Crippen LogP contribution is -2.11. The average Bonchev–Trinajstić information content (AvgIpc) is 2.01. The van der Waals surface area contributed by atoms with Gasteiger partial charge < -0.3 is 0 Å². The molecule has 0 atom stereocenters. The number of aryl methyl sites for hydroxylation is 1. The van der Waals surface area contributed by atoms with Crippen molar-refractivity contribution >= 4 is 0 Å². The Kier molecular flexibility index (Phi) is 2.54. The molecule has 0 amide bonds. The van der Waals surface area contributed by atoms with Gasteiger partial charge in [-0.2, -0.15) is 13.2 Å². The minimum absolute atomic E-state index is 0.111. The van der Waals surface area contributed by atoms with E-state index in [-0.39, 0.29) is 12.0 Å². The number of nitrogens with zero attached hydrogens (tertiary/aromatic N) is 1. The first-order valence-corrected chi connectivity index (χ1v) is 3.66. The van der Waals surface area contributed by atoms with Crippen LogP contribution in [0.3, 0.4) is 0 Å². The van der Waals surface area contributed by atoms with Crippen LogP contribution in [-0.4, -0.2) is 4.98 Å². The lowest BCUT2D eigenvalue weighted by atomic mass is 10.1. The molecule has 0 aromatic carbocycles. The van der Waals surface area contributed by atoms with Crippen molar-refractivity contribution in [2.24, 2.45) is 0 Å². The highest BCUT2D eigenvalue weighted by Gasteiger charge is 2.34. The van der Waals surface area contributed by atoms with Crippen molar-refractivity contribution < 1.29 is 17.6 Å². The van der Waals surface area contributed by atoms with Gasteiger partial charge in [-0.3, -0.25) is 0 Å². The predicted molar refractivity (Wildman–Crippen MR) is 38.6 cm³/mol. The van der Waals surface area contributed by atoms with E-state index in [0.29, 0.717) is 6.20 Å². The Morgan fingerprint density at radius 2 is 2.00 bits per heavy atom. The van der Waals surface area contributed by atoms with Gasteiger partial charge in [0.05, 0.1) is 6.20 Å². The van der Waals surface area contributed by atoms with Crippen LogP contribution < -0.4 is 0 Å². The van der Waals surface area contributed by atoms with E-state index < -0.39 is 17.7 Å². The molecule has 1 aromatic rings. The third-order valence-electron chi connectivity index (χ3n) is 1.58. The van der Waals surface area contributed by atoms with Gasteiger partial charge in [0.1, 0.15) is 11.5 Å². The molecule has 72 valence electrons. The van der Waals surface area contributed by atoms with Gasteiger partial charge >= 0.3 is 6.18 Å². The Bertz CT molecular complexity index is 306. The van der Waals surface area contributed by atoms with Gasteiger partial charge in [0.15, 0.2) is 0 Å². The fourth-order valence-corrected chi connectivity index (χ4v) is 1.01. The van der Waals surface area contributed by atoms with Crippen LogP contribution >= 0.6 is 0 Å². The van der Waals surface area contributed by atoms with Crippen molar-refractivity contribution in [3.8, 4) is 0 Å². The zero-order valence-electron chi connectivity index (χ0n) is 6.82. The molecule has 1 heterocycles. The molecule has 0 radical (unpaired) electrons. The topological polar surface area (TPSA) is 12.9 Å². The number of pyridine rings is 1. The van der Waals surface area contributed by atoms with E-state index in [9.17, 15) is 17.6 Å². The van der Waals surface area contributed by atoms with E-state index in [4.69, 9.17) is 0 Å². The van der Waals surface area contributed by atoms with Crippen molar-refractivity contribution in [2.45, 2.75) is 19.5 Å². The third kappa shape index (κ3) is 2.17. The number of aromatic nitrogens is 1. The summed E-state index contributed by atoms with van der Waals surface area (Å²) >= 11 is 0. The van der Waals surface area contributed by atoms with E-state index in [1.165, 1.54) is 6.92 Å². The largest absolute Gasteiger partial charge is 0.433 e. The van der Waals surface area contributed by atoms with Crippen LogP contribution in [0.1, 0.15) is 18.2 Å². The van der Waals surface area contributed by atoms with E-state index in [1.54, 1.807) is 0 Å². The Balaban J connectivity index is 3.22. The van der Waals surface area contributed by atoms with Gasteiger partial charge in [-0.05, 0) is 18.1 Å². The summed E-state index contributed by atoms with van der Waals surface area (Å²) in [6, 6.07) is 0.857. The molecule has 0 aliphatic heterocycles. The monoisotopic (exact) mass is 193 g/mol. The highest BCUT2D eigenvalue weighted by Crippen LogP contribution is 2.30. The van der Waals surface area contributed by atoms with Gasteiger partial charge in [0.25, 0.3) is 0 Å². The zero-order chi connectivity index (χ0) is 10.1. The first kappa shape index (κ1) is 9.95. The molecule has 1 aromatic heterocycles. The van der Waals surface area contributed by atoms with Crippen LogP contribution in [0.25, 0.3) is 0 Å². The summed E-state index contributed by atoms with van der Waals surface area (Å²) in [4.78, 5) is 3.02. The lowest BCUT2D eigenvalue weighted by molar-refractivity contribution is -0.141. The normalized spacial score (nSPS) is 11.8. The maximum Gasteiger partial charge on any atom is 0.433 e. The molecule has 13 heavy (non-hydrogen) atoms. The van der Waals surface area contributed by atoms with Gasteiger partial charge in [-0.1, -0.05) is 6.92 Å². The van der Waals surface area contributed by atoms with Gasteiger partial charge in [0, 0.05) is 0 Å². The summed E-state index contributed by atoms with van der Waals surface area (Å²) in [7, 11) is 0. The Morgan fingerprint density at radius 1 is 1.38 bits per heavy atom. The SMILES string of the molecule is CCc1cc(F)cnc1C(F)(F)F. The second-order valence-electron chi connectivity index (χ2n) is 2.51. The number of halogens is 4. The third-order valence-corrected chi connectivity index (χ3v) is 1.58. The Labute approximate surface area is 72.4 Å². The summed E-state index contributed by atoms with van der Waals surface area (Å²) in [5.74, 6) is -0.746. The van der Waals surface area contributed by atoms with Crippen LogP contribution in [0.4, 0.5) is 17.6 Å². The number of hydrogen-bond donors (Lipinski definition) is 0. The fourth-order valence-electron chi connectivity index (χ4n) is 1.01. The van der Waals surface area contributed by atoms with Crippen LogP contribution in [0.5, 0.6) is 0 Å². The van der Waals surface area contributed by atoms with Crippen molar-refractivity contribution in [3.63, 3.8) is 0 Å². The maximum absolute atomic E-state index is 12.5. The van der Waals surface area contributed by atoms with E-state index in [2.05, 4.69) is 4.98 Å². The minimum atomic E-state index is -4.50. The summed E-state index contributed by atoms with van der Waals surface area (Å²) in [6.45, 7) is 1.52. The second kappa shape index (κ2) is 3.32.